The van der Waals surface area contributed by atoms with Gasteiger partial charge in [-0.3, -0.25) is 40.5 Å². The summed E-state index contributed by atoms with van der Waals surface area (Å²) in [5, 5.41) is 60.1. The van der Waals surface area contributed by atoms with Crippen LogP contribution in [0.2, 0.25) is 0 Å². The van der Waals surface area contributed by atoms with Crippen molar-refractivity contribution in [1.82, 2.24) is 0 Å². The molecule has 0 aliphatic carbocycles. The lowest BCUT2D eigenvalue weighted by molar-refractivity contribution is -0.384. The molecule has 22 rings (SSSR count). The lowest BCUT2D eigenvalue weighted by Gasteiger charge is -2.13. The number of nitrogens with one attached hydrogen (secondary N) is 4. The van der Waals surface area contributed by atoms with Crippen molar-refractivity contribution >= 4 is 78.1 Å². The van der Waals surface area contributed by atoms with E-state index in [1.165, 1.54) is 36.4 Å². The van der Waals surface area contributed by atoms with E-state index in [9.17, 15) is 48.9 Å². The molecule has 0 saturated heterocycles. The lowest BCUT2D eigenvalue weighted by Crippen LogP contribution is -2.06. The first-order chi connectivity index (χ1) is 26.7. The molecular formula is C37H26N8O10S. The molecule has 0 fully saturated rings. The highest BCUT2D eigenvalue weighted by Crippen LogP contribution is 2.37. The maximum Gasteiger partial charge on any atom is 0.293 e. The van der Waals surface area contributed by atoms with Gasteiger partial charge in [0.15, 0.2) is 0 Å². The summed E-state index contributed by atoms with van der Waals surface area (Å²) in [6.45, 7) is 0. The smallest absolute Gasteiger partial charge is 0.293 e. The zero-order valence-corrected chi connectivity index (χ0v) is 29.4. The van der Waals surface area contributed by atoms with Crippen molar-refractivity contribution in [3.05, 3.63) is 173 Å². The van der Waals surface area contributed by atoms with E-state index >= 15 is 0 Å². The number of sulfone groups is 1. The number of hydrogen-bond donors (Lipinski definition) is 4. The van der Waals surface area contributed by atoms with Crippen LogP contribution in [0.1, 0.15) is 11.1 Å². The van der Waals surface area contributed by atoms with Crippen molar-refractivity contribution < 1.29 is 28.1 Å². The number of benzene rings is 6. The van der Waals surface area contributed by atoms with Crippen molar-refractivity contribution in [1.29, 1.82) is 0 Å². The summed E-state index contributed by atoms with van der Waals surface area (Å²) >= 11 is 0. The fourth-order valence-corrected chi connectivity index (χ4v) is 7.33. The molecule has 0 saturated carbocycles. The van der Waals surface area contributed by atoms with Gasteiger partial charge >= 0.3 is 0 Å². The van der Waals surface area contributed by atoms with Gasteiger partial charge in [-0.25, -0.2) is 8.42 Å². The van der Waals surface area contributed by atoms with Gasteiger partial charge in [-0.2, -0.15) is 0 Å². The molecule has 0 radical (unpaired) electrons. The van der Waals surface area contributed by atoms with Crippen molar-refractivity contribution in [2.45, 2.75) is 16.2 Å². The van der Waals surface area contributed by atoms with Gasteiger partial charge in [0.1, 0.15) is 22.7 Å². The second kappa shape index (κ2) is 14.5. The Bertz CT molecular complexity index is 2530. The van der Waals surface area contributed by atoms with E-state index in [1.54, 1.807) is 60.7 Å². The number of nitrogens with zero attached hydrogens (tertiary/aromatic N) is 4. The fourth-order valence-electron chi connectivity index (χ4n) is 6.03. The minimum absolute atomic E-state index is 0.0488. The van der Waals surface area contributed by atoms with Crippen LogP contribution in [0.5, 0.6) is 0 Å². The molecular weight excluding hydrogens is 749 g/mol. The number of anilines is 8. The highest BCUT2D eigenvalue weighted by Gasteiger charge is 2.27. The van der Waals surface area contributed by atoms with Crippen LogP contribution in [-0.4, -0.2) is 28.1 Å². The van der Waals surface area contributed by atoms with Crippen molar-refractivity contribution in [2.24, 2.45) is 0 Å². The predicted octanol–water partition coefficient (Wildman–Crippen LogP) is 9.03. The van der Waals surface area contributed by atoms with E-state index in [2.05, 4.69) is 21.3 Å². The second-order valence-electron chi connectivity index (χ2n) is 12.4. The van der Waals surface area contributed by atoms with Gasteiger partial charge in [0.2, 0.25) is 9.84 Å². The van der Waals surface area contributed by atoms with Crippen LogP contribution < -0.4 is 21.3 Å². The van der Waals surface area contributed by atoms with Gasteiger partial charge in [-0.15, -0.1) is 0 Å². The molecule has 16 aliphatic heterocycles. The van der Waals surface area contributed by atoms with Crippen molar-refractivity contribution in [2.75, 3.05) is 21.3 Å². The van der Waals surface area contributed by atoms with Crippen molar-refractivity contribution in [3.63, 3.8) is 0 Å². The van der Waals surface area contributed by atoms with Crippen molar-refractivity contribution in [3.8, 4) is 0 Å². The predicted molar refractivity (Wildman–Crippen MR) is 207 cm³/mol. The maximum absolute atomic E-state index is 13.7. The Morgan fingerprint density at radius 2 is 0.661 bits per heavy atom. The zero-order valence-electron chi connectivity index (χ0n) is 28.5. The summed E-state index contributed by atoms with van der Waals surface area (Å²) in [7, 11) is -4.50. The Hall–Kier alpha value is -7.93. The lowest BCUT2D eigenvalue weighted by atomic mass is 10.0. The molecule has 19 heteroatoms. The SMILES string of the molecule is O=[N+]([O-])c1cc2ccc1Nc1ccc(cc1)Nc1ccc(cc1[N+](=O)[O-])S(=O)(=O)c1ccc(c([N+](=O)[O-])c1)Nc1ccc(cc1)Nc1ccc(cc1[N+](=O)[O-])C2. The first-order valence-corrected chi connectivity index (χ1v) is 17.9. The first kappa shape index (κ1) is 36.4. The van der Waals surface area contributed by atoms with Crippen LogP contribution in [0, 0.1) is 40.5 Å². The van der Waals surface area contributed by atoms with Gasteiger partial charge in [0.25, 0.3) is 22.7 Å². The topological polar surface area (TPSA) is 255 Å². The van der Waals surface area contributed by atoms with E-state index in [0.717, 1.165) is 24.3 Å². The summed E-state index contributed by atoms with van der Waals surface area (Å²) in [5.41, 5.74) is 1.22. The van der Waals surface area contributed by atoms with Crippen LogP contribution in [0.3, 0.4) is 0 Å². The number of nitro groups is 4. The van der Waals surface area contributed by atoms with Crippen LogP contribution >= 0.6 is 0 Å². The zero-order chi connectivity index (χ0) is 39.7. The summed E-state index contributed by atoms with van der Waals surface area (Å²) < 4.78 is 27.3. The van der Waals surface area contributed by atoms with Crippen LogP contribution in [0.15, 0.2) is 131 Å². The average molecular weight is 775 g/mol. The van der Waals surface area contributed by atoms with Crippen LogP contribution in [0.4, 0.5) is 68.2 Å². The standard InChI is InChI=1S/C37H26N8O10S/c46-42(47)34-18-22-1-13-30(34)38-24-3-7-26(8-4-24)40-32-15-11-28(20-36(32)44(50)51)56(54,55)29-12-16-33(37(21-29)45(52)53)41-27-9-5-25(6-10-27)39-31-14-2-23(17-22)19-35(31)43(48)49/h1-16,18-21,38-41H,17H2. The normalized spacial score (nSPS) is 12.9. The van der Waals surface area contributed by atoms with Gasteiger partial charge in [-0.1, -0.05) is 12.1 Å². The second-order valence-corrected chi connectivity index (χ2v) is 14.4. The quantitative estimate of drug-likeness (QED) is 0.0961. The largest absolute Gasteiger partial charge is 0.350 e. The van der Waals surface area contributed by atoms with Gasteiger partial charge in [-0.05, 0) is 102 Å². The molecule has 0 amide bonds. The number of nitro benzene ring substituents is 4. The highest BCUT2D eigenvalue weighted by atomic mass is 32.2. The Morgan fingerprint density at radius 1 is 0.393 bits per heavy atom. The van der Waals surface area contributed by atoms with Gasteiger partial charge < -0.3 is 21.3 Å². The summed E-state index contributed by atoms with van der Waals surface area (Å²) in [4.78, 5) is 44.8. The molecule has 0 atom stereocenters. The van der Waals surface area contributed by atoms with E-state index in [4.69, 9.17) is 0 Å². The Morgan fingerprint density at radius 3 is 0.946 bits per heavy atom. The molecule has 56 heavy (non-hydrogen) atoms. The molecule has 12 bridgehead atoms. The average Bonchev–Trinajstić information content (AvgIpc) is 3.17. The van der Waals surface area contributed by atoms with E-state index in [0.29, 0.717) is 33.9 Å². The Labute approximate surface area is 316 Å². The Balaban J connectivity index is 1.31. The molecule has 6 aromatic rings. The number of rotatable bonds is 4. The molecule has 0 unspecified atom stereocenters. The molecule has 16 heterocycles. The summed E-state index contributed by atoms with van der Waals surface area (Å²) in [6, 6.07) is 27.9. The molecule has 0 spiro atoms. The summed E-state index contributed by atoms with van der Waals surface area (Å²) in [6.07, 6.45) is 0.148. The first-order valence-electron chi connectivity index (χ1n) is 16.4. The molecule has 4 N–H and O–H groups in total. The van der Waals surface area contributed by atoms with Gasteiger partial charge in [0.05, 0.1) is 29.5 Å². The Kier molecular flexibility index (Phi) is 9.42. The van der Waals surface area contributed by atoms with E-state index < -0.39 is 50.7 Å². The monoisotopic (exact) mass is 774 g/mol. The molecule has 0 aromatic heterocycles. The van der Waals surface area contributed by atoms with E-state index in [1.807, 2.05) is 0 Å². The minimum Gasteiger partial charge on any atom is -0.350 e. The van der Waals surface area contributed by atoms with Crippen LogP contribution in [0.25, 0.3) is 0 Å². The van der Waals surface area contributed by atoms with E-state index in [-0.39, 0.29) is 40.5 Å². The third kappa shape index (κ3) is 7.45. The third-order valence-corrected chi connectivity index (χ3v) is 10.5. The fraction of sp³-hybridized carbons (Fsp3) is 0.0270. The molecule has 6 aromatic carbocycles. The third-order valence-electron chi connectivity index (χ3n) is 8.76. The summed E-state index contributed by atoms with van der Waals surface area (Å²) in [5.74, 6) is 0. The molecule has 16 aliphatic rings. The molecule has 18 nitrogen and oxygen atoms in total. The minimum atomic E-state index is -4.50. The number of hydrogen-bond acceptors (Lipinski definition) is 14. The molecule has 280 valence electrons. The maximum atomic E-state index is 13.7. The van der Waals surface area contributed by atoms with Crippen LogP contribution in [-0.2, 0) is 16.3 Å². The van der Waals surface area contributed by atoms with Gasteiger partial charge in [0, 0.05) is 47.0 Å². The highest BCUT2D eigenvalue weighted by molar-refractivity contribution is 7.91.